The predicted molar refractivity (Wildman–Crippen MR) is 112 cm³/mol. The van der Waals surface area contributed by atoms with Crippen molar-refractivity contribution in [3.05, 3.63) is 95.1 Å². The average molecular weight is 388 g/mol. The molecular formula is C23H17FN2OS. The molecule has 0 fully saturated rings. The molecule has 4 aromatic rings. The lowest BCUT2D eigenvalue weighted by atomic mass is 10.1. The van der Waals surface area contributed by atoms with Crippen LogP contribution in [0, 0.1) is 12.7 Å². The molecule has 0 aliphatic rings. The molecule has 3 aromatic carbocycles. The summed E-state index contributed by atoms with van der Waals surface area (Å²) < 4.78 is 13.0. The Morgan fingerprint density at radius 2 is 1.57 bits per heavy atom. The summed E-state index contributed by atoms with van der Waals surface area (Å²) in [5, 5.41) is 3.81. The van der Waals surface area contributed by atoms with Gasteiger partial charge in [0.15, 0.2) is 0 Å². The molecule has 1 aromatic heterocycles. The highest BCUT2D eigenvalue weighted by molar-refractivity contribution is 7.15. The van der Waals surface area contributed by atoms with E-state index in [1.54, 1.807) is 11.3 Å². The van der Waals surface area contributed by atoms with Crippen molar-refractivity contribution in [3.8, 4) is 21.8 Å². The molecule has 138 valence electrons. The highest BCUT2D eigenvalue weighted by atomic mass is 32.1. The second-order valence-electron chi connectivity index (χ2n) is 6.33. The van der Waals surface area contributed by atoms with Crippen molar-refractivity contribution >= 4 is 22.9 Å². The van der Waals surface area contributed by atoms with Gasteiger partial charge in [-0.1, -0.05) is 42.5 Å². The van der Waals surface area contributed by atoms with Crippen molar-refractivity contribution in [1.29, 1.82) is 0 Å². The molecule has 5 heteroatoms. The van der Waals surface area contributed by atoms with Crippen molar-refractivity contribution in [2.75, 3.05) is 5.32 Å². The third-order valence-electron chi connectivity index (χ3n) is 4.34. The zero-order chi connectivity index (χ0) is 19.5. The number of amides is 1. The summed E-state index contributed by atoms with van der Waals surface area (Å²) in [6.45, 7) is 2.06. The van der Waals surface area contributed by atoms with Gasteiger partial charge in [0.05, 0.1) is 5.69 Å². The SMILES string of the molecule is Cc1sc(-c2ccccc2)nc1-c1ccc(NC(=O)c2ccc(F)cc2)cc1. The lowest BCUT2D eigenvalue weighted by Gasteiger charge is -2.06. The molecule has 4 rings (SSSR count). The molecule has 1 N–H and O–H groups in total. The molecule has 0 saturated heterocycles. The van der Waals surface area contributed by atoms with Gasteiger partial charge >= 0.3 is 0 Å². The second-order valence-corrected chi connectivity index (χ2v) is 7.53. The van der Waals surface area contributed by atoms with Gasteiger partial charge in [-0.05, 0) is 43.3 Å². The smallest absolute Gasteiger partial charge is 0.255 e. The molecule has 1 amide bonds. The Hall–Kier alpha value is -3.31. The number of thiazole rings is 1. The lowest BCUT2D eigenvalue weighted by molar-refractivity contribution is 0.102. The molecule has 28 heavy (non-hydrogen) atoms. The van der Waals surface area contributed by atoms with Gasteiger partial charge in [-0.25, -0.2) is 9.37 Å². The van der Waals surface area contributed by atoms with Gasteiger partial charge in [0.2, 0.25) is 0 Å². The van der Waals surface area contributed by atoms with Gasteiger partial charge < -0.3 is 5.32 Å². The zero-order valence-corrected chi connectivity index (χ0v) is 16.0. The van der Waals surface area contributed by atoms with Crippen molar-refractivity contribution in [2.24, 2.45) is 0 Å². The van der Waals surface area contributed by atoms with E-state index < -0.39 is 0 Å². The number of anilines is 1. The van der Waals surface area contributed by atoms with Crippen molar-refractivity contribution in [1.82, 2.24) is 4.98 Å². The highest BCUT2D eigenvalue weighted by Crippen LogP contribution is 2.33. The average Bonchev–Trinajstić information content (AvgIpc) is 3.11. The van der Waals surface area contributed by atoms with Crippen molar-refractivity contribution in [2.45, 2.75) is 6.92 Å². The molecule has 0 atom stereocenters. The number of rotatable bonds is 4. The van der Waals surface area contributed by atoms with Crippen molar-refractivity contribution < 1.29 is 9.18 Å². The van der Waals surface area contributed by atoms with Crippen LogP contribution in [-0.2, 0) is 0 Å². The van der Waals surface area contributed by atoms with Gasteiger partial charge in [0.25, 0.3) is 5.91 Å². The number of hydrogen-bond donors (Lipinski definition) is 1. The first kappa shape index (κ1) is 18.1. The van der Waals surface area contributed by atoms with Crippen LogP contribution in [0.2, 0.25) is 0 Å². The Labute approximate surface area is 166 Å². The van der Waals surface area contributed by atoms with Crippen LogP contribution >= 0.6 is 11.3 Å². The summed E-state index contributed by atoms with van der Waals surface area (Å²) >= 11 is 1.66. The monoisotopic (exact) mass is 388 g/mol. The Morgan fingerprint density at radius 1 is 0.893 bits per heavy atom. The maximum Gasteiger partial charge on any atom is 0.255 e. The van der Waals surface area contributed by atoms with Crippen LogP contribution in [0.5, 0.6) is 0 Å². The fourth-order valence-corrected chi connectivity index (χ4v) is 3.83. The number of nitrogens with one attached hydrogen (secondary N) is 1. The third-order valence-corrected chi connectivity index (χ3v) is 5.36. The van der Waals surface area contributed by atoms with E-state index in [1.807, 2.05) is 42.5 Å². The van der Waals surface area contributed by atoms with Crippen LogP contribution in [0.4, 0.5) is 10.1 Å². The largest absolute Gasteiger partial charge is 0.322 e. The van der Waals surface area contributed by atoms with Gasteiger partial charge in [0.1, 0.15) is 10.8 Å². The van der Waals surface area contributed by atoms with Gasteiger partial charge in [0, 0.05) is 27.3 Å². The van der Waals surface area contributed by atoms with Crippen LogP contribution < -0.4 is 5.32 Å². The van der Waals surface area contributed by atoms with Crippen LogP contribution in [0.3, 0.4) is 0 Å². The number of benzene rings is 3. The molecule has 0 unspecified atom stereocenters. The van der Waals surface area contributed by atoms with Gasteiger partial charge in [-0.3, -0.25) is 4.79 Å². The molecule has 0 radical (unpaired) electrons. The van der Waals surface area contributed by atoms with E-state index in [0.717, 1.165) is 26.7 Å². The van der Waals surface area contributed by atoms with E-state index >= 15 is 0 Å². The van der Waals surface area contributed by atoms with Crippen molar-refractivity contribution in [3.63, 3.8) is 0 Å². The van der Waals surface area contributed by atoms with E-state index in [4.69, 9.17) is 4.98 Å². The van der Waals surface area contributed by atoms with Crippen LogP contribution in [0.1, 0.15) is 15.2 Å². The number of carbonyl (C=O) groups excluding carboxylic acids is 1. The minimum atomic E-state index is -0.366. The third kappa shape index (κ3) is 3.85. The maximum atomic E-state index is 13.0. The Balaban J connectivity index is 1.53. The molecule has 0 bridgehead atoms. The Morgan fingerprint density at radius 3 is 2.25 bits per heavy atom. The summed E-state index contributed by atoms with van der Waals surface area (Å²) in [5.41, 5.74) is 4.13. The topological polar surface area (TPSA) is 42.0 Å². The molecule has 0 saturated carbocycles. The fourth-order valence-electron chi connectivity index (χ4n) is 2.88. The quantitative estimate of drug-likeness (QED) is 0.454. The lowest BCUT2D eigenvalue weighted by Crippen LogP contribution is -2.11. The summed E-state index contributed by atoms with van der Waals surface area (Å²) in [6.07, 6.45) is 0. The van der Waals surface area contributed by atoms with Crippen LogP contribution in [-0.4, -0.2) is 10.9 Å². The molecule has 0 spiro atoms. The number of hydrogen-bond acceptors (Lipinski definition) is 3. The number of aromatic nitrogens is 1. The summed E-state index contributed by atoms with van der Waals surface area (Å²) in [6, 6.07) is 23.1. The molecule has 1 heterocycles. The van der Waals surface area contributed by atoms with E-state index in [0.29, 0.717) is 11.3 Å². The number of carbonyl (C=O) groups is 1. The summed E-state index contributed by atoms with van der Waals surface area (Å²) in [4.78, 5) is 18.2. The summed E-state index contributed by atoms with van der Waals surface area (Å²) in [5.74, 6) is -0.640. The van der Waals surface area contributed by atoms with E-state index in [2.05, 4.69) is 24.4 Å². The Bertz CT molecular complexity index is 1100. The molecule has 3 nitrogen and oxygen atoms in total. The first-order valence-electron chi connectivity index (χ1n) is 8.80. The fraction of sp³-hybridized carbons (Fsp3) is 0.0435. The van der Waals surface area contributed by atoms with Gasteiger partial charge in [-0.2, -0.15) is 0 Å². The molecule has 0 aliphatic heterocycles. The number of halogens is 1. The van der Waals surface area contributed by atoms with E-state index in [1.165, 1.54) is 24.3 Å². The van der Waals surface area contributed by atoms with Crippen LogP contribution in [0.25, 0.3) is 21.8 Å². The zero-order valence-electron chi connectivity index (χ0n) is 15.1. The molecule has 0 aliphatic carbocycles. The first-order chi connectivity index (χ1) is 13.6. The van der Waals surface area contributed by atoms with E-state index in [9.17, 15) is 9.18 Å². The highest BCUT2D eigenvalue weighted by Gasteiger charge is 2.12. The maximum absolute atomic E-state index is 13.0. The minimum Gasteiger partial charge on any atom is -0.322 e. The van der Waals surface area contributed by atoms with E-state index in [-0.39, 0.29) is 11.7 Å². The minimum absolute atomic E-state index is 0.274. The molecular weight excluding hydrogens is 371 g/mol. The number of aryl methyl sites for hydroxylation is 1. The van der Waals surface area contributed by atoms with Gasteiger partial charge in [-0.15, -0.1) is 11.3 Å². The standard InChI is InChI=1S/C23H17FN2OS/c1-15-21(26-23(28-15)18-5-3-2-4-6-18)16-9-13-20(14-10-16)25-22(27)17-7-11-19(24)12-8-17/h2-14H,1H3,(H,25,27). The number of nitrogens with zero attached hydrogens (tertiary/aromatic N) is 1. The Kier molecular flexibility index (Phi) is 5.00. The second kappa shape index (κ2) is 7.74. The first-order valence-corrected chi connectivity index (χ1v) is 9.62. The normalized spacial score (nSPS) is 10.6. The summed E-state index contributed by atoms with van der Waals surface area (Å²) in [7, 11) is 0. The van der Waals surface area contributed by atoms with Crippen LogP contribution in [0.15, 0.2) is 78.9 Å². The predicted octanol–water partition coefficient (Wildman–Crippen LogP) is 6.18.